The molecule has 2 aromatic rings. The fraction of sp³-hybridized carbons (Fsp3) is 0.312. The fourth-order valence-corrected chi connectivity index (χ4v) is 2.34. The first-order valence-electron chi connectivity index (χ1n) is 7.19. The highest BCUT2D eigenvalue weighted by Gasteiger charge is 2.31. The molecule has 0 spiro atoms. The Morgan fingerprint density at radius 1 is 1.22 bits per heavy atom. The van der Waals surface area contributed by atoms with E-state index in [-0.39, 0.29) is 24.5 Å². The first-order valence-corrected chi connectivity index (χ1v) is 7.19. The summed E-state index contributed by atoms with van der Waals surface area (Å²) in [6.45, 7) is 3.62. The highest BCUT2D eigenvalue weighted by molar-refractivity contribution is 6.05. The van der Waals surface area contributed by atoms with Gasteiger partial charge in [0.15, 0.2) is 11.4 Å². The molecule has 0 bridgehead atoms. The molecular weight excluding hydrogens is 300 g/mol. The molecule has 0 aliphatic heterocycles. The summed E-state index contributed by atoms with van der Waals surface area (Å²) in [5.74, 6) is -1.88. The van der Waals surface area contributed by atoms with Gasteiger partial charge in [-0.3, -0.25) is 4.98 Å². The number of rotatable bonds is 5. The van der Waals surface area contributed by atoms with Crippen molar-refractivity contribution >= 4 is 11.9 Å². The number of aromatic nitrogens is 2. The van der Waals surface area contributed by atoms with E-state index in [1.807, 2.05) is 0 Å². The highest BCUT2D eigenvalue weighted by Crippen LogP contribution is 2.36. The third-order valence-corrected chi connectivity index (χ3v) is 3.25. The second-order valence-corrected chi connectivity index (χ2v) is 4.66. The number of aromatic hydroxyl groups is 1. The van der Waals surface area contributed by atoms with Crippen molar-refractivity contribution in [2.45, 2.75) is 13.8 Å². The van der Waals surface area contributed by atoms with Crippen LogP contribution >= 0.6 is 0 Å². The standard InChI is InChI=1S/C16H18N2O5/c1-4-22-15(20)11-12(10-7-6-8-17-9-10)18(3)13(14(11)19)16(21)23-5-2/h6-9,19H,4-5H2,1-3H3. The predicted molar refractivity (Wildman–Crippen MR) is 82.2 cm³/mol. The summed E-state index contributed by atoms with van der Waals surface area (Å²) in [6.07, 6.45) is 3.12. The maximum Gasteiger partial charge on any atom is 0.358 e. The molecule has 0 saturated carbocycles. The molecule has 7 heteroatoms. The van der Waals surface area contributed by atoms with Gasteiger partial charge in [0.1, 0.15) is 5.56 Å². The SMILES string of the molecule is CCOC(=O)c1c(O)c(C(=O)OCC)n(C)c1-c1cccnc1. The molecule has 2 rings (SSSR count). The van der Waals surface area contributed by atoms with Gasteiger partial charge in [0.25, 0.3) is 0 Å². The summed E-state index contributed by atoms with van der Waals surface area (Å²) in [5.41, 5.74) is 0.736. The zero-order chi connectivity index (χ0) is 17.0. The third-order valence-electron chi connectivity index (χ3n) is 3.25. The Bertz CT molecular complexity index is 722. The van der Waals surface area contributed by atoms with Crippen LogP contribution in [0.5, 0.6) is 5.75 Å². The number of pyridine rings is 1. The molecule has 1 N–H and O–H groups in total. The van der Waals surface area contributed by atoms with E-state index in [4.69, 9.17) is 9.47 Å². The first kappa shape index (κ1) is 16.5. The molecule has 0 saturated heterocycles. The molecule has 2 heterocycles. The van der Waals surface area contributed by atoms with Crippen molar-refractivity contribution in [2.75, 3.05) is 13.2 Å². The second kappa shape index (κ2) is 6.95. The van der Waals surface area contributed by atoms with Gasteiger partial charge in [0.2, 0.25) is 0 Å². The fourth-order valence-electron chi connectivity index (χ4n) is 2.34. The number of carbonyl (C=O) groups is 2. The summed E-state index contributed by atoms with van der Waals surface area (Å²) in [7, 11) is 1.57. The predicted octanol–water partition coefficient (Wildman–Crippen LogP) is 2.15. The van der Waals surface area contributed by atoms with E-state index in [1.165, 1.54) is 10.8 Å². The van der Waals surface area contributed by atoms with Gasteiger partial charge in [-0.15, -0.1) is 0 Å². The second-order valence-electron chi connectivity index (χ2n) is 4.66. The van der Waals surface area contributed by atoms with E-state index in [0.29, 0.717) is 11.3 Å². The van der Waals surface area contributed by atoms with E-state index in [1.54, 1.807) is 39.2 Å². The molecule has 2 aromatic heterocycles. The lowest BCUT2D eigenvalue weighted by atomic mass is 10.1. The number of hydrogen-bond donors (Lipinski definition) is 1. The van der Waals surface area contributed by atoms with E-state index in [9.17, 15) is 14.7 Å². The van der Waals surface area contributed by atoms with Crippen molar-refractivity contribution in [3.8, 4) is 17.0 Å². The maximum atomic E-state index is 12.2. The van der Waals surface area contributed by atoms with Gasteiger partial charge >= 0.3 is 11.9 Å². The molecule has 0 aliphatic carbocycles. The van der Waals surface area contributed by atoms with Crippen molar-refractivity contribution in [3.63, 3.8) is 0 Å². The number of hydrogen-bond acceptors (Lipinski definition) is 6. The number of esters is 2. The van der Waals surface area contributed by atoms with Gasteiger partial charge in [-0.1, -0.05) is 0 Å². The van der Waals surface area contributed by atoms with Crippen LogP contribution in [0, 0.1) is 0 Å². The summed E-state index contributed by atoms with van der Waals surface area (Å²) < 4.78 is 11.4. The zero-order valence-corrected chi connectivity index (χ0v) is 13.2. The van der Waals surface area contributed by atoms with Crippen LogP contribution in [0.25, 0.3) is 11.3 Å². The molecule has 0 amide bonds. The van der Waals surface area contributed by atoms with Gasteiger partial charge in [-0.2, -0.15) is 0 Å². The summed E-state index contributed by atoms with van der Waals surface area (Å²) in [6, 6.07) is 3.41. The van der Waals surface area contributed by atoms with E-state index >= 15 is 0 Å². The van der Waals surface area contributed by atoms with Crippen molar-refractivity contribution in [1.82, 2.24) is 9.55 Å². The van der Waals surface area contributed by atoms with Crippen molar-refractivity contribution in [2.24, 2.45) is 7.05 Å². The number of ether oxygens (including phenoxy) is 2. The monoisotopic (exact) mass is 318 g/mol. The van der Waals surface area contributed by atoms with Crippen LogP contribution in [-0.2, 0) is 16.5 Å². The molecule has 122 valence electrons. The van der Waals surface area contributed by atoms with Crippen molar-refractivity contribution in [1.29, 1.82) is 0 Å². The Kier molecular flexibility index (Phi) is 5.00. The minimum atomic E-state index is -0.715. The summed E-state index contributed by atoms with van der Waals surface area (Å²) in [4.78, 5) is 28.3. The van der Waals surface area contributed by atoms with Crippen LogP contribution in [-0.4, -0.2) is 39.8 Å². The van der Waals surface area contributed by atoms with Crippen LogP contribution in [0.1, 0.15) is 34.7 Å². The zero-order valence-electron chi connectivity index (χ0n) is 13.2. The van der Waals surface area contributed by atoms with Gasteiger partial charge in [-0.25, -0.2) is 9.59 Å². The Labute approximate surface area is 133 Å². The highest BCUT2D eigenvalue weighted by atomic mass is 16.5. The Balaban J connectivity index is 2.70. The molecule has 0 atom stereocenters. The molecule has 0 aliphatic rings. The van der Waals surface area contributed by atoms with E-state index in [2.05, 4.69) is 4.98 Å². The average molecular weight is 318 g/mol. The molecule has 7 nitrogen and oxygen atoms in total. The molecule has 0 radical (unpaired) electrons. The normalized spacial score (nSPS) is 10.4. The lowest BCUT2D eigenvalue weighted by Crippen LogP contribution is -2.10. The minimum Gasteiger partial charge on any atom is -0.505 e. The maximum absolute atomic E-state index is 12.2. The largest absolute Gasteiger partial charge is 0.505 e. The summed E-state index contributed by atoms with van der Waals surface area (Å²) >= 11 is 0. The molecule has 0 fully saturated rings. The number of carbonyl (C=O) groups excluding carboxylic acids is 2. The number of nitrogens with zero attached hydrogens (tertiary/aromatic N) is 2. The van der Waals surface area contributed by atoms with Gasteiger partial charge < -0.3 is 19.1 Å². The van der Waals surface area contributed by atoms with Crippen molar-refractivity contribution < 1.29 is 24.2 Å². The van der Waals surface area contributed by atoms with Crippen LogP contribution in [0.2, 0.25) is 0 Å². The molecular formula is C16H18N2O5. The molecule has 0 aromatic carbocycles. The van der Waals surface area contributed by atoms with Gasteiger partial charge in [0.05, 0.1) is 18.9 Å². The molecule has 0 unspecified atom stereocenters. The Morgan fingerprint density at radius 2 is 1.87 bits per heavy atom. The summed E-state index contributed by atoms with van der Waals surface area (Å²) in [5, 5.41) is 10.4. The van der Waals surface area contributed by atoms with E-state index in [0.717, 1.165) is 0 Å². The Morgan fingerprint density at radius 3 is 2.43 bits per heavy atom. The van der Waals surface area contributed by atoms with Crippen LogP contribution in [0.4, 0.5) is 0 Å². The quantitative estimate of drug-likeness (QED) is 0.849. The smallest absolute Gasteiger partial charge is 0.358 e. The first-order chi connectivity index (χ1) is 11.0. The van der Waals surface area contributed by atoms with Gasteiger partial charge in [0, 0.05) is 25.0 Å². The topological polar surface area (TPSA) is 90.6 Å². The van der Waals surface area contributed by atoms with Crippen LogP contribution < -0.4 is 0 Å². The Hall–Kier alpha value is -2.83. The minimum absolute atomic E-state index is 0.0783. The van der Waals surface area contributed by atoms with Crippen molar-refractivity contribution in [3.05, 3.63) is 35.8 Å². The average Bonchev–Trinajstić information content (AvgIpc) is 2.79. The lowest BCUT2D eigenvalue weighted by Gasteiger charge is -2.08. The van der Waals surface area contributed by atoms with E-state index < -0.39 is 17.7 Å². The van der Waals surface area contributed by atoms with Crippen LogP contribution in [0.15, 0.2) is 24.5 Å². The third kappa shape index (κ3) is 3.03. The van der Waals surface area contributed by atoms with Crippen LogP contribution in [0.3, 0.4) is 0 Å². The lowest BCUT2D eigenvalue weighted by molar-refractivity contribution is 0.0512. The molecule has 23 heavy (non-hydrogen) atoms. The van der Waals surface area contributed by atoms with Gasteiger partial charge in [-0.05, 0) is 26.0 Å².